The van der Waals surface area contributed by atoms with Crippen LogP contribution in [0.2, 0.25) is 0 Å². The molecule has 0 radical (unpaired) electrons. The van der Waals surface area contributed by atoms with Crippen molar-refractivity contribution in [1.29, 1.82) is 0 Å². The highest BCUT2D eigenvalue weighted by molar-refractivity contribution is 5.84. The number of para-hydroxylation sites is 1. The minimum absolute atomic E-state index is 0.232. The van der Waals surface area contributed by atoms with E-state index in [-0.39, 0.29) is 11.5 Å². The van der Waals surface area contributed by atoms with Crippen molar-refractivity contribution in [1.82, 2.24) is 20.1 Å². The van der Waals surface area contributed by atoms with E-state index < -0.39 is 0 Å². The Kier molecular flexibility index (Phi) is 4.01. The van der Waals surface area contributed by atoms with Crippen LogP contribution in [-0.2, 0) is 28.0 Å². The Balaban J connectivity index is 1.22. The van der Waals surface area contributed by atoms with Crippen molar-refractivity contribution in [3.05, 3.63) is 53.5 Å². The summed E-state index contributed by atoms with van der Waals surface area (Å²) in [5.41, 5.74) is 4.45. The van der Waals surface area contributed by atoms with E-state index >= 15 is 0 Å². The van der Waals surface area contributed by atoms with Gasteiger partial charge in [0.25, 0.3) is 0 Å². The standard InChI is InChI=1S/C21H24N4O2/c26-19(6-5-15-13-22-18-4-2-1-3-17(15)18)25-10-8-21(9-11-25)20-16(7-12-27-21)14-23-24-20/h1-4,13-14,22H,5-12H2,(H,23,24). The number of benzene rings is 1. The minimum Gasteiger partial charge on any atom is -0.368 e. The number of ether oxygens (including phenoxy) is 1. The summed E-state index contributed by atoms with van der Waals surface area (Å²) in [5, 5.41) is 8.56. The lowest BCUT2D eigenvalue weighted by atomic mass is 9.83. The van der Waals surface area contributed by atoms with E-state index in [2.05, 4.69) is 27.3 Å². The van der Waals surface area contributed by atoms with Crippen molar-refractivity contribution in [3.8, 4) is 0 Å². The van der Waals surface area contributed by atoms with Gasteiger partial charge in [0.05, 0.1) is 18.5 Å². The van der Waals surface area contributed by atoms with Crippen LogP contribution in [0.1, 0.15) is 36.1 Å². The van der Waals surface area contributed by atoms with Crippen molar-refractivity contribution in [3.63, 3.8) is 0 Å². The van der Waals surface area contributed by atoms with Gasteiger partial charge in [0.15, 0.2) is 0 Å². The molecule has 6 heteroatoms. The number of carbonyl (C=O) groups is 1. The quantitative estimate of drug-likeness (QED) is 0.750. The molecule has 140 valence electrons. The summed E-state index contributed by atoms with van der Waals surface area (Å²) in [5.74, 6) is 0.232. The summed E-state index contributed by atoms with van der Waals surface area (Å²) in [4.78, 5) is 18.0. The fourth-order valence-corrected chi connectivity index (χ4v) is 4.57. The molecule has 5 rings (SSSR count). The molecule has 0 bridgehead atoms. The van der Waals surface area contributed by atoms with Crippen molar-refractivity contribution in [2.75, 3.05) is 19.7 Å². The molecule has 4 heterocycles. The van der Waals surface area contributed by atoms with Gasteiger partial charge in [-0.1, -0.05) is 18.2 Å². The highest BCUT2D eigenvalue weighted by atomic mass is 16.5. The number of hydrogen-bond acceptors (Lipinski definition) is 3. The first-order chi connectivity index (χ1) is 13.3. The molecule has 2 aromatic heterocycles. The summed E-state index contributed by atoms with van der Waals surface area (Å²) in [7, 11) is 0. The van der Waals surface area contributed by atoms with E-state index in [1.54, 1.807) is 0 Å². The zero-order chi connectivity index (χ0) is 18.3. The second kappa shape index (κ2) is 6.53. The second-order valence-corrected chi connectivity index (χ2v) is 7.60. The molecule has 1 saturated heterocycles. The summed E-state index contributed by atoms with van der Waals surface area (Å²) in [6, 6.07) is 8.24. The molecule has 1 spiro atoms. The molecular weight excluding hydrogens is 340 g/mol. The van der Waals surface area contributed by atoms with Crippen LogP contribution in [0.15, 0.2) is 36.7 Å². The number of aromatic nitrogens is 3. The first kappa shape index (κ1) is 16.6. The van der Waals surface area contributed by atoms with Crippen LogP contribution >= 0.6 is 0 Å². The lowest BCUT2D eigenvalue weighted by Crippen LogP contribution is -2.48. The van der Waals surface area contributed by atoms with Crippen LogP contribution in [0.4, 0.5) is 0 Å². The summed E-state index contributed by atoms with van der Waals surface area (Å²) in [6.45, 7) is 2.22. The maximum atomic E-state index is 12.8. The largest absolute Gasteiger partial charge is 0.368 e. The Morgan fingerprint density at radius 3 is 3.00 bits per heavy atom. The van der Waals surface area contributed by atoms with Crippen molar-refractivity contribution in [2.24, 2.45) is 0 Å². The molecule has 0 aliphatic carbocycles. The molecule has 0 saturated carbocycles. The molecule has 1 fully saturated rings. The van der Waals surface area contributed by atoms with Gasteiger partial charge in [0, 0.05) is 36.6 Å². The fourth-order valence-electron chi connectivity index (χ4n) is 4.57. The fraction of sp³-hybridized carbons (Fsp3) is 0.429. The van der Waals surface area contributed by atoms with E-state index in [0.717, 1.165) is 56.6 Å². The third kappa shape index (κ3) is 2.84. The number of nitrogens with zero attached hydrogens (tertiary/aromatic N) is 2. The van der Waals surface area contributed by atoms with Crippen LogP contribution in [-0.4, -0.2) is 45.7 Å². The Bertz CT molecular complexity index is 965. The van der Waals surface area contributed by atoms with E-state index in [4.69, 9.17) is 4.74 Å². The molecule has 27 heavy (non-hydrogen) atoms. The molecule has 0 atom stereocenters. The van der Waals surface area contributed by atoms with Crippen LogP contribution < -0.4 is 0 Å². The number of H-pyrrole nitrogens is 2. The Hall–Kier alpha value is -2.60. The van der Waals surface area contributed by atoms with Crippen LogP contribution in [0.3, 0.4) is 0 Å². The van der Waals surface area contributed by atoms with Gasteiger partial charge in [-0.15, -0.1) is 0 Å². The van der Waals surface area contributed by atoms with Gasteiger partial charge in [0.2, 0.25) is 5.91 Å². The summed E-state index contributed by atoms with van der Waals surface area (Å²) in [6.07, 6.45) is 7.84. The lowest BCUT2D eigenvalue weighted by molar-refractivity contribution is -0.141. The van der Waals surface area contributed by atoms with E-state index in [1.165, 1.54) is 16.5 Å². The van der Waals surface area contributed by atoms with Gasteiger partial charge in [0.1, 0.15) is 5.60 Å². The third-order valence-corrected chi connectivity index (χ3v) is 6.13. The number of piperidine rings is 1. The first-order valence-corrected chi connectivity index (χ1v) is 9.75. The number of aryl methyl sites for hydroxylation is 1. The summed E-state index contributed by atoms with van der Waals surface area (Å²) >= 11 is 0. The highest BCUT2D eigenvalue weighted by Gasteiger charge is 2.42. The Morgan fingerprint density at radius 1 is 1.26 bits per heavy atom. The Labute approximate surface area is 157 Å². The SMILES string of the molecule is O=C(CCc1c[nH]c2ccccc12)N1CCC2(CC1)OCCc1cn[nH]c12. The number of hydrogen-bond donors (Lipinski definition) is 2. The molecule has 3 aromatic rings. The molecular formula is C21H24N4O2. The first-order valence-electron chi connectivity index (χ1n) is 9.75. The van der Waals surface area contributed by atoms with E-state index in [0.29, 0.717) is 6.42 Å². The van der Waals surface area contributed by atoms with Gasteiger partial charge in [-0.3, -0.25) is 9.89 Å². The number of carbonyl (C=O) groups excluding carboxylic acids is 1. The number of fused-ring (bicyclic) bond motifs is 3. The minimum atomic E-state index is -0.280. The normalized spacial score (nSPS) is 18.7. The number of amides is 1. The molecule has 2 aliphatic heterocycles. The van der Waals surface area contributed by atoms with Crippen molar-refractivity contribution in [2.45, 2.75) is 37.7 Å². The molecule has 0 unspecified atom stereocenters. The van der Waals surface area contributed by atoms with Gasteiger partial charge in [-0.05, 0) is 42.9 Å². The summed E-state index contributed by atoms with van der Waals surface area (Å²) < 4.78 is 6.17. The average Bonchev–Trinajstić information content (AvgIpc) is 3.35. The van der Waals surface area contributed by atoms with Crippen LogP contribution in [0, 0.1) is 0 Å². The average molecular weight is 364 g/mol. The zero-order valence-electron chi connectivity index (χ0n) is 15.3. The number of likely N-dealkylation sites (tertiary alicyclic amines) is 1. The maximum Gasteiger partial charge on any atom is 0.222 e. The number of nitrogens with one attached hydrogen (secondary N) is 2. The Morgan fingerprint density at radius 2 is 2.11 bits per heavy atom. The number of rotatable bonds is 3. The topological polar surface area (TPSA) is 74.0 Å². The van der Waals surface area contributed by atoms with Crippen molar-refractivity contribution < 1.29 is 9.53 Å². The molecule has 6 nitrogen and oxygen atoms in total. The van der Waals surface area contributed by atoms with Gasteiger partial charge in [-0.25, -0.2) is 0 Å². The molecule has 2 aliphatic rings. The molecule has 1 amide bonds. The number of aromatic amines is 2. The second-order valence-electron chi connectivity index (χ2n) is 7.60. The van der Waals surface area contributed by atoms with Crippen LogP contribution in [0.25, 0.3) is 10.9 Å². The van der Waals surface area contributed by atoms with Gasteiger partial charge in [-0.2, -0.15) is 5.10 Å². The van der Waals surface area contributed by atoms with Crippen LogP contribution in [0.5, 0.6) is 0 Å². The zero-order valence-corrected chi connectivity index (χ0v) is 15.3. The molecule has 1 aromatic carbocycles. The maximum absolute atomic E-state index is 12.8. The monoisotopic (exact) mass is 364 g/mol. The predicted molar refractivity (Wildman–Crippen MR) is 102 cm³/mol. The third-order valence-electron chi connectivity index (χ3n) is 6.13. The van der Waals surface area contributed by atoms with Gasteiger partial charge >= 0.3 is 0 Å². The smallest absolute Gasteiger partial charge is 0.222 e. The van der Waals surface area contributed by atoms with E-state index in [1.807, 2.05) is 29.4 Å². The van der Waals surface area contributed by atoms with Gasteiger partial charge < -0.3 is 14.6 Å². The lowest BCUT2D eigenvalue weighted by Gasteiger charge is -2.43. The predicted octanol–water partition coefficient (Wildman–Crippen LogP) is 2.91. The highest BCUT2D eigenvalue weighted by Crippen LogP contribution is 2.40. The molecule has 2 N–H and O–H groups in total. The van der Waals surface area contributed by atoms with Crippen molar-refractivity contribution >= 4 is 16.8 Å². The van der Waals surface area contributed by atoms with E-state index in [9.17, 15) is 4.79 Å².